The number of aliphatic hydroxyl groups is 1. The van der Waals surface area contributed by atoms with Gasteiger partial charge in [-0.2, -0.15) is 0 Å². The van der Waals surface area contributed by atoms with Gasteiger partial charge in [0.2, 0.25) is 5.91 Å². The summed E-state index contributed by atoms with van der Waals surface area (Å²) in [6, 6.07) is -0.897. The van der Waals surface area contributed by atoms with Gasteiger partial charge in [0, 0.05) is 6.42 Å². The van der Waals surface area contributed by atoms with Gasteiger partial charge in [-0.1, -0.05) is 334 Å². The molecule has 9 heteroatoms. The molecule has 0 aromatic rings. The highest BCUT2D eigenvalue weighted by atomic mass is 31.2. The zero-order valence-corrected chi connectivity index (χ0v) is 57.6. The molecule has 8 nitrogen and oxygen atoms in total. The Morgan fingerprint density at radius 2 is 0.709 bits per heavy atom. The van der Waals surface area contributed by atoms with Crippen molar-refractivity contribution in [2.45, 2.75) is 321 Å². The minimum absolute atomic E-state index is 0.00582. The summed E-state index contributed by atoms with van der Waals surface area (Å²) in [5.74, 6) is -0.202. The van der Waals surface area contributed by atoms with Gasteiger partial charge in [0.15, 0.2) is 0 Å². The monoisotopic (exact) mass is 1220 g/mol. The number of phosphoric acid groups is 1. The fraction of sp³-hybridized carbons (Fsp3) is 0.727. The van der Waals surface area contributed by atoms with Crippen molar-refractivity contribution in [3.8, 4) is 0 Å². The molecule has 0 aliphatic heterocycles. The maximum atomic E-state index is 13.0. The summed E-state index contributed by atoms with van der Waals surface area (Å²) in [4.78, 5) is 25.6. The van der Waals surface area contributed by atoms with E-state index < -0.39 is 20.0 Å². The zero-order chi connectivity index (χ0) is 62.6. The van der Waals surface area contributed by atoms with Crippen LogP contribution >= 0.6 is 7.82 Å². The number of quaternary nitrogens is 1. The molecule has 0 fully saturated rings. The molecule has 86 heavy (non-hydrogen) atoms. The van der Waals surface area contributed by atoms with E-state index in [-0.39, 0.29) is 19.1 Å². The quantitative estimate of drug-likeness (QED) is 0.0272. The smallest absolute Gasteiger partial charge is 0.268 e. The van der Waals surface area contributed by atoms with E-state index in [0.29, 0.717) is 17.4 Å². The first kappa shape index (κ1) is 82.9. The third kappa shape index (κ3) is 68.4. The first-order valence-corrected chi connectivity index (χ1v) is 37.4. The lowest BCUT2D eigenvalue weighted by molar-refractivity contribution is -0.870. The summed E-state index contributed by atoms with van der Waals surface area (Å²) in [7, 11) is 1.25. The number of hydrogen-bond donors (Lipinski definition) is 2. The Balaban J connectivity index is 4.10. The molecule has 0 aromatic heterocycles. The Morgan fingerprint density at radius 1 is 0.419 bits per heavy atom. The molecule has 0 rings (SSSR count). The summed E-state index contributed by atoms with van der Waals surface area (Å²) >= 11 is 0. The fourth-order valence-electron chi connectivity index (χ4n) is 10.1. The second-order valence-corrected chi connectivity index (χ2v) is 26.6. The summed E-state index contributed by atoms with van der Waals surface area (Å²) in [5, 5.41) is 14.0. The van der Waals surface area contributed by atoms with Gasteiger partial charge in [-0.15, -0.1) is 0 Å². The molecule has 1 amide bonds. The van der Waals surface area contributed by atoms with Crippen molar-refractivity contribution in [1.29, 1.82) is 0 Å². The van der Waals surface area contributed by atoms with Crippen molar-refractivity contribution in [1.82, 2.24) is 5.32 Å². The molecule has 2 N–H and O–H groups in total. The van der Waals surface area contributed by atoms with E-state index in [1.807, 2.05) is 27.2 Å². The minimum atomic E-state index is -4.61. The predicted molar refractivity (Wildman–Crippen MR) is 375 cm³/mol. The number of carbonyl (C=O) groups is 1. The molecule has 0 saturated heterocycles. The minimum Gasteiger partial charge on any atom is -0.756 e. The maximum Gasteiger partial charge on any atom is 0.268 e. The molecule has 0 saturated carbocycles. The van der Waals surface area contributed by atoms with Gasteiger partial charge in [-0.25, -0.2) is 0 Å². The highest BCUT2D eigenvalue weighted by Crippen LogP contribution is 2.38. The molecule has 3 atom stereocenters. The summed E-state index contributed by atoms with van der Waals surface area (Å²) in [6.45, 7) is 4.56. The molecule has 0 radical (unpaired) electrons. The molecular formula is C77H137N2O6P. The Morgan fingerprint density at radius 3 is 1.03 bits per heavy atom. The second kappa shape index (κ2) is 66.3. The van der Waals surface area contributed by atoms with Crippen molar-refractivity contribution in [3.63, 3.8) is 0 Å². The van der Waals surface area contributed by atoms with Gasteiger partial charge in [-0.3, -0.25) is 9.36 Å². The number of allylic oxidation sites excluding steroid dienone is 19. The van der Waals surface area contributed by atoms with Crippen LogP contribution in [0.1, 0.15) is 309 Å². The van der Waals surface area contributed by atoms with Crippen LogP contribution in [-0.2, 0) is 18.4 Å². The molecule has 0 spiro atoms. The zero-order valence-electron chi connectivity index (χ0n) is 56.7. The van der Waals surface area contributed by atoms with E-state index in [9.17, 15) is 19.4 Å². The molecule has 0 aliphatic rings. The van der Waals surface area contributed by atoms with Gasteiger partial charge in [0.05, 0.1) is 39.9 Å². The van der Waals surface area contributed by atoms with Gasteiger partial charge < -0.3 is 28.8 Å². The van der Waals surface area contributed by atoms with Crippen molar-refractivity contribution in [2.75, 3.05) is 40.9 Å². The number of nitrogens with zero attached hydrogens (tertiary/aromatic N) is 1. The highest BCUT2D eigenvalue weighted by molar-refractivity contribution is 7.45. The normalized spacial score (nSPS) is 14.4. The molecule has 3 unspecified atom stereocenters. The lowest BCUT2D eigenvalue weighted by atomic mass is 10.0. The van der Waals surface area contributed by atoms with E-state index in [1.54, 1.807) is 6.08 Å². The third-order valence-electron chi connectivity index (χ3n) is 15.7. The van der Waals surface area contributed by atoms with Crippen LogP contribution in [0.5, 0.6) is 0 Å². The maximum absolute atomic E-state index is 13.0. The Bertz CT molecular complexity index is 1820. The van der Waals surface area contributed by atoms with Crippen molar-refractivity contribution >= 4 is 13.7 Å². The average Bonchev–Trinajstić information content (AvgIpc) is 3.70. The van der Waals surface area contributed by atoms with E-state index in [2.05, 4.69) is 129 Å². The van der Waals surface area contributed by atoms with Crippen LogP contribution in [0.2, 0.25) is 0 Å². The number of rotatable bonds is 65. The second-order valence-electron chi connectivity index (χ2n) is 25.2. The summed E-state index contributed by atoms with van der Waals surface area (Å²) in [6.07, 6.45) is 98.8. The van der Waals surface area contributed by atoms with Crippen molar-refractivity contribution in [3.05, 3.63) is 122 Å². The number of carbonyl (C=O) groups excluding carboxylic acids is 1. The van der Waals surface area contributed by atoms with Gasteiger partial charge in [-0.05, 0) is 89.9 Å². The van der Waals surface area contributed by atoms with Crippen LogP contribution in [0.25, 0.3) is 0 Å². The van der Waals surface area contributed by atoms with Crippen LogP contribution in [-0.4, -0.2) is 68.5 Å². The van der Waals surface area contributed by atoms with Gasteiger partial charge >= 0.3 is 0 Å². The predicted octanol–water partition coefficient (Wildman–Crippen LogP) is 22.6. The first-order valence-electron chi connectivity index (χ1n) is 35.9. The third-order valence-corrected chi connectivity index (χ3v) is 16.6. The SMILES string of the molecule is CC/C=C\C/C=C\C/C=C\C/C=C\C/C=C\C/C=C\C/C=C\C/C=C\C/C=C\CCCCCCCCCCCCCC(=O)NC(COP(=O)([O-])OCC[N+](C)(C)C)C(O)/C=C/CCCCCCCCCCCCCCCCCCCCCCCCC. The molecule has 0 bridgehead atoms. The first-order chi connectivity index (χ1) is 42.0. The summed E-state index contributed by atoms with van der Waals surface area (Å²) < 4.78 is 23.5. The number of unbranched alkanes of at least 4 members (excludes halogenated alkanes) is 34. The van der Waals surface area contributed by atoms with Crippen LogP contribution in [0, 0.1) is 0 Å². The van der Waals surface area contributed by atoms with E-state index >= 15 is 0 Å². The van der Waals surface area contributed by atoms with E-state index in [0.717, 1.165) is 103 Å². The molecule has 0 heterocycles. The van der Waals surface area contributed by atoms with Gasteiger partial charge in [0.25, 0.3) is 7.82 Å². The van der Waals surface area contributed by atoms with Gasteiger partial charge in [0.1, 0.15) is 13.2 Å². The Kier molecular flexibility index (Phi) is 63.9. The van der Waals surface area contributed by atoms with E-state index in [4.69, 9.17) is 9.05 Å². The Labute approximate surface area is 533 Å². The van der Waals surface area contributed by atoms with Crippen LogP contribution in [0.4, 0.5) is 0 Å². The average molecular weight is 1220 g/mol. The lowest BCUT2D eigenvalue weighted by Crippen LogP contribution is -2.45. The molecular weight excluding hydrogens is 1080 g/mol. The largest absolute Gasteiger partial charge is 0.756 e. The fourth-order valence-corrected chi connectivity index (χ4v) is 10.9. The van der Waals surface area contributed by atoms with Crippen LogP contribution in [0.3, 0.4) is 0 Å². The van der Waals surface area contributed by atoms with Crippen molar-refractivity contribution < 1.29 is 32.9 Å². The van der Waals surface area contributed by atoms with Crippen LogP contribution in [0.15, 0.2) is 122 Å². The number of nitrogens with one attached hydrogen (secondary N) is 1. The van der Waals surface area contributed by atoms with E-state index in [1.165, 1.54) is 186 Å². The van der Waals surface area contributed by atoms with Crippen LogP contribution < -0.4 is 10.2 Å². The number of phosphoric ester groups is 1. The number of hydrogen-bond acceptors (Lipinski definition) is 6. The molecule has 0 aliphatic carbocycles. The summed E-state index contributed by atoms with van der Waals surface area (Å²) in [5.41, 5.74) is 0. The number of aliphatic hydroxyl groups excluding tert-OH is 1. The Hall–Kier alpha value is -3.10. The topological polar surface area (TPSA) is 108 Å². The van der Waals surface area contributed by atoms with Crippen molar-refractivity contribution in [2.24, 2.45) is 0 Å². The highest BCUT2D eigenvalue weighted by Gasteiger charge is 2.23. The molecule has 496 valence electrons. The molecule has 0 aromatic carbocycles. The lowest BCUT2D eigenvalue weighted by Gasteiger charge is -2.29. The number of amides is 1. The number of likely N-dealkylation sites (N-methyl/N-ethyl adjacent to an activating group) is 1. The standard InChI is InChI=1S/C77H137N2O6P/c1-6-8-10-12-14-16-18-20-22-24-26-28-30-32-33-34-35-36-37-38-39-40-41-42-43-44-45-47-49-51-53-55-57-59-61-63-65-67-69-71-77(81)78-75(74-85-86(82,83)84-73-72-79(3,4)5)76(80)70-68-66-64-62-60-58-56-54-52-50-48-46-31-29-27-25-23-21-19-17-15-13-11-9-7-2/h8,10,14,16,20,22,26,28,32-33,35-36,38-39,41-42,44-45,68,70,75-76,80H,6-7,9,11-13,15,17-19,21,23-25,27,29-31,34,37,40,43,46-67,69,71-74H2,1-5H3,(H-,78,81,82,83)/b10-8-,16-14-,22-20-,28-26-,33-32-,36-35-,39-38-,42-41-,45-44-,70-68+.